The molecule has 0 aromatic rings. The molecule has 0 bridgehead atoms. The first kappa shape index (κ1) is 14.3. The zero-order chi connectivity index (χ0) is 13.2. The summed E-state index contributed by atoms with van der Waals surface area (Å²) in [6.07, 6.45) is 11.4. The molecule has 0 amide bonds. The van der Waals surface area contributed by atoms with Crippen molar-refractivity contribution >= 4 is 0 Å². The predicted molar refractivity (Wildman–Crippen MR) is 76.6 cm³/mol. The van der Waals surface area contributed by atoms with Crippen LogP contribution in [0.3, 0.4) is 0 Å². The van der Waals surface area contributed by atoms with Crippen LogP contribution in [0.4, 0.5) is 0 Å². The fraction of sp³-hybridized carbons (Fsp3) is 1.00. The molecule has 0 aliphatic heterocycles. The van der Waals surface area contributed by atoms with E-state index in [1.165, 1.54) is 57.8 Å². The number of aliphatic hydroxyl groups is 1. The summed E-state index contributed by atoms with van der Waals surface area (Å²) in [6.45, 7) is 2.30. The van der Waals surface area contributed by atoms with Crippen molar-refractivity contribution in [1.82, 2.24) is 4.90 Å². The van der Waals surface area contributed by atoms with E-state index in [1.807, 2.05) is 0 Å². The molecule has 0 aromatic heterocycles. The highest BCUT2D eigenvalue weighted by Crippen LogP contribution is 2.44. The van der Waals surface area contributed by atoms with Crippen LogP contribution in [0.1, 0.15) is 64.7 Å². The maximum Gasteiger partial charge on any atom is 0.0754 e. The Bertz CT molecular complexity index is 258. The van der Waals surface area contributed by atoms with Crippen molar-refractivity contribution in [3.8, 4) is 0 Å². The molecule has 1 N–H and O–H groups in total. The van der Waals surface area contributed by atoms with Crippen molar-refractivity contribution in [2.75, 3.05) is 14.1 Å². The van der Waals surface area contributed by atoms with Crippen LogP contribution in [0.5, 0.6) is 0 Å². The monoisotopic (exact) mass is 253 g/mol. The van der Waals surface area contributed by atoms with Gasteiger partial charge in [-0.15, -0.1) is 0 Å². The highest BCUT2D eigenvalue weighted by atomic mass is 16.3. The van der Waals surface area contributed by atoms with E-state index in [0.29, 0.717) is 5.92 Å². The Morgan fingerprint density at radius 2 is 1.72 bits per heavy atom. The average Bonchev–Trinajstić information content (AvgIpc) is 2.88. The molecule has 2 fully saturated rings. The quantitative estimate of drug-likeness (QED) is 0.829. The molecule has 2 aliphatic carbocycles. The smallest absolute Gasteiger partial charge is 0.0754 e. The zero-order valence-electron chi connectivity index (χ0n) is 12.5. The number of rotatable bonds is 4. The van der Waals surface area contributed by atoms with Gasteiger partial charge in [-0.05, 0) is 45.2 Å². The molecule has 0 heterocycles. The van der Waals surface area contributed by atoms with Gasteiger partial charge in [-0.25, -0.2) is 0 Å². The molecule has 3 unspecified atom stereocenters. The lowest BCUT2D eigenvalue weighted by molar-refractivity contribution is -0.0647. The Morgan fingerprint density at radius 3 is 2.28 bits per heavy atom. The maximum atomic E-state index is 11.1. The van der Waals surface area contributed by atoms with Crippen molar-refractivity contribution in [1.29, 1.82) is 0 Å². The van der Waals surface area contributed by atoms with Gasteiger partial charge in [0.15, 0.2) is 0 Å². The average molecular weight is 253 g/mol. The summed E-state index contributed by atoms with van der Waals surface area (Å²) in [6, 6.07) is 0. The van der Waals surface area contributed by atoms with Crippen LogP contribution in [0.15, 0.2) is 0 Å². The standard InChI is InChI=1S/C16H31NO/c1-4-13-9-5-6-10-14(13)15(18)16(17(2)3)11-7-8-12-16/h13-15,18H,4-12H2,1-3H3. The topological polar surface area (TPSA) is 23.5 Å². The molecule has 2 rings (SSSR count). The van der Waals surface area contributed by atoms with E-state index in [1.54, 1.807) is 0 Å². The fourth-order valence-corrected chi connectivity index (χ4v) is 4.55. The first-order valence-electron chi connectivity index (χ1n) is 7.97. The Morgan fingerprint density at radius 1 is 1.11 bits per heavy atom. The van der Waals surface area contributed by atoms with Gasteiger partial charge in [-0.3, -0.25) is 0 Å². The summed E-state index contributed by atoms with van der Waals surface area (Å²) < 4.78 is 0. The van der Waals surface area contributed by atoms with Gasteiger partial charge < -0.3 is 10.0 Å². The Kier molecular flexibility index (Phi) is 4.71. The first-order chi connectivity index (χ1) is 8.62. The van der Waals surface area contributed by atoms with Crippen molar-refractivity contribution in [3.05, 3.63) is 0 Å². The molecule has 3 atom stereocenters. The van der Waals surface area contributed by atoms with E-state index in [4.69, 9.17) is 0 Å². The predicted octanol–water partition coefficient (Wildman–Crippen LogP) is 3.44. The van der Waals surface area contributed by atoms with E-state index in [2.05, 4.69) is 25.9 Å². The minimum absolute atomic E-state index is 0.0788. The lowest BCUT2D eigenvalue weighted by Gasteiger charge is -2.47. The van der Waals surface area contributed by atoms with Gasteiger partial charge in [0.2, 0.25) is 0 Å². The Labute approximate surface area is 113 Å². The second-order valence-electron chi connectivity index (χ2n) is 6.77. The molecule has 2 aliphatic rings. The largest absolute Gasteiger partial charge is 0.391 e. The first-order valence-corrected chi connectivity index (χ1v) is 7.97. The number of nitrogens with zero attached hydrogens (tertiary/aromatic N) is 1. The molecule has 106 valence electrons. The van der Waals surface area contributed by atoms with E-state index >= 15 is 0 Å². The Balaban J connectivity index is 2.14. The van der Waals surface area contributed by atoms with Crippen molar-refractivity contribution in [3.63, 3.8) is 0 Å². The molecule has 0 spiro atoms. The SMILES string of the molecule is CCC1CCCCC1C(O)C1(N(C)C)CCCC1. The van der Waals surface area contributed by atoms with Gasteiger partial charge in [0, 0.05) is 5.54 Å². The number of hydrogen-bond donors (Lipinski definition) is 1. The summed E-state index contributed by atoms with van der Waals surface area (Å²) in [4.78, 5) is 2.33. The van der Waals surface area contributed by atoms with Gasteiger partial charge in [0.05, 0.1) is 6.10 Å². The Hall–Kier alpha value is -0.0800. The van der Waals surface area contributed by atoms with Gasteiger partial charge in [-0.1, -0.05) is 45.4 Å². The van der Waals surface area contributed by atoms with Gasteiger partial charge in [0.25, 0.3) is 0 Å². The number of aliphatic hydroxyl groups excluding tert-OH is 1. The van der Waals surface area contributed by atoms with Crippen LogP contribution < -0.4 is 0 Å². The lowest BCUT2D eigenvalue weighted by atomic mass is 9.69. The third-order valence-electron chi connectivity index (χ3n) is 5.81. The van der Waals surface area contributed by atoms with E-state index in [0.717, 1.165) is 5.92 Å². The van der Waals surface area contributed by atoms with E-state index in [-0.39, 0.29) is 11.6 Å². The van der Waals surface area contributed by atoms with Crippen LogP contribution in [-0.2, 0) is 0 Å². The second kappa shape index (κ2) is 5.92. The highest BCUT2D eigenvalue weighted by Gasteiger charge is 2.47. The highest BCUT2D eigenvalue weighted by molar-refractivity contribution is 5.02. The molecule has 2 nitrogen and oxygen atoms in total. The van der Waals surface area contributed by atoms with Crippen LogP contribution in [0.25, 0.3) is 0 Å². The molecular weight excluding hydrogens is 222 g/mol. The minimum atomic E-state index is -0.111. The van der Waals surface area contributed by atoms with Gasteiger partial charge >= 0.3 is 0 Å². The summed E-state index contributed by atoms with van der Waals surface area (Å²) in [5.41, 5.74) is 0.0788. The van der Waals surface area contributed by atoms with E-state index in [9.17, 15) is 5.11 Å². The maximum absolute atomic E-state index is 11.1. The lowest BCUT2D eigenvalue weighted by Crippen LogP contribution is -2.56. The fourth-order valence-electron chi connectivity index (χ4n) is 4.55. The molecule has 2 saturated carbocycles. The van der Waals surface area contributed by atoms with Gasteiger partial charge in [0.1, 0.15) is 0 Å². The summed E-state index contributed by atoms with van der Waals surface area (Å²) in [5, 5.41) is 11.1. The van der Waals surface area contributed by atoms with Crippen LogP contribution in [0.2, 0.25) is 0 Å². The van der Waals surface area contributed by atoms with Crippen molar-refractivity contribution in [2.24, 2.45) is 11.8 Å². The van der Waals surface area contributed by atoms with Crippen molar-refractivity contribution in [2.45, 2.75) is 76.4 Å². The number of hydrogen-bond acceptors (Lipinski definition) is 2. The molecule has 2 heteroatoms. The molecule has 0 saturated heterocycles. The number of likely N-dealkylation sites (N-methyl/N-ethyl adjacent to an activating group) is 1. The van der Waals surface area contributed by atoms with Gasteiger partial charge in [-0.2, -0.15) is 0 Å². The molecule has 0 radical (unpaired) electrons. The van der Waals surface area contributed by atoms with E-state index < -0.39 is 0 Å². The summed E-state index contributed by atoms with van der Waals surface area (Å²) >= 11 is 0. The molecule has 18 heavy (non-hydrogen) atoms. The second-order valence-corrected chi connectivity index (χ2v) is 6.77. The zero-order valence-corrected chi connectivity index (χ0v) is 12.5. The molecule has 0 aromatic carbocycles. The van der Waals surface area contributed by atoms with Crippen molar-refractivity contribution < 1.29 is 5.11 Å². The van der Waals surface area contributed by atoms with Crippen LogP contribution in [0, 0.1) is 11.8 Å². The normalized spacial score (nSPS) is 33.8. The molecular formula is C16H31NO. The third-order valence-corrected chi connectivity index (χ3v) is 5.81. The van der Waals surface area contributed by atoms with Crippen LogP contribution >= 0.6 is 0 Å². The summed E-state index contributed by atoms with van der Waals surface area (Å²) in [5.74, 6) is 1.30. The minimum Gasteiger partial charge on any atom is -0.391 e. The van der Waals surface area contributed by atoms with Crippen LogP contribution in [-0.4, -0.2) is 35.7 Å². The summed E-state index contributed by atoms with van der Waals surface area (Å²) in [7, 11) is 4.33. The third kappa shape index (κ3) is 2.46.